The monoisotopic (exact) mass is 446 g/mol. The van der Waals surface area contributed by atoms with Crippen LogP contribution in [0, 0.1) is 6.92 Å². The molecule has 0 bridgehead atoms. The highest BCUT2D eigenvalue weighted by molar-refractivity contribution is 5.90. The quantitative estimate of drug-likeness (QED) is 0.463. The Hall–Kier alpha value is -3.34. The predicted molar refractivity (Wildman–Crippen MR) is 133 cm³/mol. The smallest absolute Gasteiger partial charge is 0.261 e. The number of carbonyl (C=O) groups is 2. The van der Waals surface area contributed by atoms with Crippen LogP contribution >= 0.6 is 0 Å². The first-order chi connectivity index (χ1) is 15.9. The highest BCUT2D eigenvalue weighted by Gasteiger charge is 2.29. The maximum absolute atomic E-state index is 13.4. The van der Waals surface area contributed by atoms with Crippen LogP contribution in [0.25, 0.3) is 10.8 Å². The van der Waals surface area contributed by atoms with Crippen LogP contribution in [0.5, 0.6) is 5.75 Å². The fraction of sp³-hybridized carbons (Fsp3) is 0.357. The van der Waals surface area contributed by atoms with Crippen LogP contribution < -0.4 is 10.1 Å². The van der Waals surface area contributed by atoms with E-state index >= 15 is 0 Å². The molecule has 3 aromatic carbocycles. The number of nitrogens with one attached hydrogen (secondary N) is 1. The van der Waals surface area contributed by atoms with Crippen molar-refractivity contribution in [1.29, 1.82) is 0 Å². The molecule has 2 unspecified atom stereocenters. The Bertz CT molecular complexity index is 1090. The molecular weight excluding hydrogens is 412 g/mol. The van der Waals surface area contributed by atoms with E-state index in [4.69, 9.17) is 4.74 Å². The molecular formula is C28H34N2O3. The highest BCUT2D eigenvalue weighted by atomic mass is 16.5. The van der Waals surface area contributed by atoms with Crippen LogP contribution in [0.3, 0.4) is 0 Å². The molecule has 0 saturated carbocycles. The van der Waals surface area contributed by atoms with Crippen molar-refractivity contribution in [1.82, 2.24) is 10.2 Å². The zero-order valence-corrected chi connectivity index (χ0v) is 20.0. The lowest BCUT2D eigenvalue weighted by molar-refractivity contribution is -0.143. The average Bonchev–Trinajstić information content (AvgIpc) is 2.82. The number of nitrogens with zero attached hydrogens (tertiary/aromatic N) is 1. The number of carbonyl (C=O) groups excluding carboxylic acids is 2. The summed E-state index contributed by atoms with van der Waals surface area (Å²) in [6.07, 6.45) is 1.35. The Morgan fingerprint density at radius 2 is 1.70 bits per heavy atom. The summed E-state index contributed by atoms with van der Waals surface area (Å²) in [7, 11) is 0. The van der Waals surface area contributed by atoms with Gasteiger partial charge in [0.15, 0.2) is 6.61 Å². The molecule has 0 aliphatic rings. The first-order valence-electron chi connectivity index (χ1n) is 11.7. The number of hydrogen-bond donors (Lipinski definition) is 1. The minimum atomic E-state index is -0.567. The Kier molecular flexibility index (Phi) is 8.47. The van der Waals surface area contributed by atoms with E-state index in [-0.39, 0.29) is 24.5 Å². The van der Waals surface area contributed by atoms with Crippen molar-refractivity contribution >= 4 is 22.6 Å². The van der Waals surface area contributed by atoms with Crippen molar-refractivity contribution in [2.24, 2.45) is 0 Å². The molecule has 3 aromatic rings. The largest absolute Gasteiger partial charge is 0.483 e. The molecule has 0 heterocycles. The maximum Gasteiger partial charge on any atom is 0.261 e. The Labute approximate surface area is 196 Å². The predicted octanol–water partition coefficient (Wildman–Crippen LogP) is 5.25. The van der Waals surface area contributed by atoms with Gasteiger partial charge in [0.25, 0.3) is 5.91 Å². The van der Waals surface area contributed by atoms with Crippen LogP contribution in [-0.2, 0) is 16.1 Å². The van der Waals surface area contributed by atoms with Crippen molar-refractivity contribution in [3.05, 3.63) is 77.9 Å². The van der Waals surface area contributed by atoms with Gasteiger partial charge in [-0.1, -0.05) is 80.1 Å². The molecule has 2 atom stereocenters. The van der Waals surface area contributed by atoms with Crippen molar-refractivity contribution in [3.63, 3.8) is 0 Å². The van der Waals surface area contributed by atoms with Crippen LogP contribution in [0.2, 0.25) is 0 Å². The number of amides is 2. The second-order valence-corrected chi connectivity index (χ2v) is 8.52. The lowest BCUT2D eigenvalue weighted by Crippen LogP contribution is -2.51. The fourth-order valence-electron chi connectivity index (χ4n) is 3.91. The third-order valence-corrected chi connectivity index (χ3v) is 5.92. The Morgan fingerprint density at radius 3 is 2.42 bits per heavy atom. The highest BCUT2D eigenvalue weighted by Crippen LogP contribution is 2.25. The zero-order valence-electron chi connectivity index (χ0n) is 20.0. The van der Waals surface area contributed by atoms with Crippen molar-refractivity contribution in [2.45, 2.75) is 59.2 Å². The molecule has 5 heteroatoms. The van der Waals surface area contributed by atoms with Crippen LogP contribution in [0.4, 0.5) is 0 Å². The van der Waals surface area contributed by atoms with Gasteiger partial charge in [-0.2, -0.15) is 0 Å². The van der Waals surface area contributed by atoms with Gasteiger partial charge in [-0.15, -0.1) is 0 Å². The summed E-state index contributed by atoms with van der Waals surface area (Å²) in [4.78, 5) is 28.1. The van der Waals surface area contributed by atoms with E-state index in [1.807, 2.05) is 94.4 Å². The first kappa shape index (κ1) is 24.3. The van der Waals surface area contributed by atoms with E-state index in [0.29, 0.717) is 18.7 Å². The normalized spacial score (nSPS) is 12.7. The SMILES string of the molecule is CCC(C)NC(=O)C(CC)N(Cc1cccc(C)c1)C(=O)COc1cccc2ccccc12. The molecule has 2 amide bonds. The lowest BCUT2D eigenvalue weighted by atomic mass is 10.1. The summed E-state index contributed by atoms with van der Waals surface area (Å²) < 4.78 is 5.98. The Balaban J connectivity index is 1.83. The van der Waals surface area contributed by atoms with Gasteiger partial charge < -0.3 is 15.0 Å². The molecule has 0 aliphatic heterocycles. The van der Waals surface area contributed by atoms with Gasteiger partial charge in [-0.05, 0) is 43.7 Å². The standard InChI is InChI=1S/C28H34N2O3/c1-5-21(4)29-28(32)25(6-2)30(18-22-12-9-11-20(3)17-22)27(31)19-33-26-16-10-14-23-13-7-8-15-24(23)26/h7-17,21,25H,5-6,18-19H2,1-4H3,(H,29,32). The van der Waals surface area contributed by atoms with Gasteiger partial charge in [0.2, 0.25) is 5.91 Å². The third kappa shape index (κ3) is 6.35. The average molecular weight is 447 g/mol. The lowest BCUT2D eigenvalue weighted by Gasteiger charge is -2.31. The van der Waals surface area contributed by atoms with Crippen molar-refractivity contribution in [3.8, 4) is 5.75 Å². The van der Waals surface area contributed by atoms with E-state index in [1.54, 1.807) is 4.90 Å². The molecule has 33 heavy (non-hydrogen) atoms. The minimum Gasteiger partial charge on any atom is -0.483 e. The first-order valence-corrected chi connectivity index (χ1v) is 11.7. The molecule has 0 saturated heterocycles. The van der Waals surface area contributed by atoms with E-state index < -0.39 is 6.04 Å². The molecule has 5 nitrogen and oxygen atoms in total. The zero-order chi connectivity index (χ0) is 23.8. The number of ether oxygens (including phenoxy) is 1. The summed E-state index contributed by atoms with van der Waals surface area (Å²) in [6.45, 7) is 8.18. The molecule has 0 aromatic heterocycles. The topological polar surface area (TPSA) is 58.6 Å². The number of aryl methyl sites for hydroxylation is 1. The molecule has 1 N–H and O–H groups in total. The number of benzene rings is 3. The number of hydrogen-bond acceptors (Lipinski definition) is 3. The summed E-state index contributed by atoms with van der Waals surface area (Å²) in [5.74, 6) is 0.322. The second-order valence-electron chi connectivity index (χ2n) is 8.52. The summed E-state index contributed by atoms with van der Waals surface area (Å²) in [6, 6.07) is 21.2. The van der Waals surface area contributed by atoms with Crippen LogP contribution in [0.1, 0.15) is 44.7 Å². The molecule has 0 radical (unpaired) electrons. The third-order valence-electron chi connectivity index (χ3n) is 5.92. The van der Waals surface area contributed by atoms with E-state index in [0.717, 1.165) is 28.3 Å². The van der Waals surface area contributed by atoms with E-state index in [9.17, 15) is 9.59 Å². The van der Waals surface area contributed by atoms with Crippen LogP contribution in [-0.4, -0.2) is 35.4 Å². The molecule has 174 valence electrons. The van der Waals surface area contributed by atoms with E-state index in [2.05, 4.69) is 5.32 Å². The van der Waals surface area contributed by atoms with Gasteiger partial charge in [0.05, 0.1) is 0 Å². The maximum atomic E-state index is 13.4. The minimum absolute atomic E-state index is 0.0504. The summed E-state index contributed by atoms with van der Waals surface area (Å²) >= 11 is 0. The second kappa shape index (κ2) is 11.5. The molecule has 3 rings (SSSR count). The Morgan fingerprint density at radius 1 is 0.970 bits per heavy atom. The fourth-order valence-corrected chi connectivity index (χ4v) is 3.91. The molecule has 0 spiro atoms. The van der Waals surface area contributed by atoms with Crippen molar-refractivity contribution < 1.29 is 14.3 Å². The number of rotatable bonds is 10. The van der Waals surface area contributed by atoms with Gasteiger partial charge in [-0.3, -0.25) is 9.59 Å². The summed E-state index contributed by atoms with van der Waals surface area (Å²) in [5.41, 5.74) is 2.10. The van der Waals surface area contributed by atoms with Gasteiger partial charge >= 0.3 is 0 Å². The van der Waals surface area contributed by atoms with Gasteiger partial charge in [0, 0.05) is 18.0 Å². The molecule has 0 aliphatic carbocycles. The van der Waals surface area contributed by atoms with E-state index in [1.165, 1.54) is 0 Å². The van der Waals surface area contributed by atoms with Gasteiger partial charge in [0.1, 0.15) is 11.8 Å². The number of fused-ring (bicyclic) bond motifs is 1. The summed E-state index contributed by atoms with van der Waals surface area (Å²) in [5, 5.41) is 5.05. The van der Waals surface area contributed by atoms with Crippen LogP contribution in [0.15, 0.2) is 66.7 Å². The van der Waals surface area contributed by atoms with Crippen molar-refractivity contribution in [2.75, 3.05) is 6.61 Å². The van der Waals surface area contributed by atoms with Gasteiger partial charge in [-0.25, -0.2) is 0 Å². The molecule has 0 fully saturated rings.